The Hall–Kier alpha value is -1.53. The number of halogens is 1. The molecule has 1 unspecified atom stereocenters. The molecule has 0 fully saturated rings. The van der Waals surface area contributed by atoms with Crippen molar-refractivity contribution >= 4 is 17.6 Å². The molecular formula is C11H8ClNO2. The third-order valence-electron chi connectivity index (χ3n) is 2.54. The first-order chi connectivity index (χ1) is 7.13. The average Bonchev–Trinajstić information content (AvgIpc) is 2.23. The van der Waals surface area contributed by atoms with Crippen LogP contribution in [0, 0.1) is 18.3 Å². The zero-order valence-corrected chi connectivity index (χ0v) is 8.84. The summed E-state index contributed by atoms with van der Waals surface area (Å²) in [6.07, 6.45) is -0.272. The second-order valence-corrected chi connectivity index (χ2v) is 3.83. The first-order valence-electron chi connectivity index (χ1n) is 4.52. The summed E-state index contributed by atoms with van der Waals surface area (Å²) >= 11 is 5.95. The van der Waals surface area contributed by atoms with E-state index in [0.717, 1.165) is 11.1 Å². The van der Waals surface area contributed by atoms with Gasteiger partial charge in [0.2, 0.25) is 0 Å². The molecule has 1 heterocycles. The monoisotopic (exact) mass is 221 g/mol. The van der Waals surface area contributed by atoms with Crippen LogP contribution < -0.4 is 0 Å². The average molecular weight is 222 g/mol. The minimum atomic E-state index is -0.692. The van der Waals surface area contributed by atoms with E-state index in [0.29, 0.717) is 17.0 Å². The zero-order chi connectivity index (χ0) is 11.0. The molecule has 0 radical (unpaired) electrons. The van der Waals surface area contributed by atoms with E-state index in [-0.39, 0.29) is 0 Å². The van der Waals surface area contributed by atoms with E-state index < -0.39 is 12.1 Å². The predicted octanol–water partition coefficient (Wildman–Crippen LogP) is 2.25. The molecule has 2 rings (SSSR count). The molecular weight excluding hydrogens is 214 g/mol. The van der Waals surface area contributed by atoms with E-state index >= 15 is 0 Å². The molecule has 1 aliphatic rings. The second-order valence-electron chi connectivity index (χ2n) is 3.43. The van der Waals surface area contributed by atoms with Gasteiger partial charge < -0.3 is 4.74 Å². The lowest BCUT2D eigenvalue weighted by atomic mass is 9.94. The second kappa shape index (κ2) is 3.56. The number of benzene rings is 1. The fraction of sp³-hybridized carbons (Fsp3) is 0.273. The Labute approximate surface area is 92.2 Å². The molecule has 0 spiro atoms. The number of rotatable bonds is 0. The standard InChI is InChI=1S/C11H8ClNO2/c1-6-9-4-7(5-13)15-11(14)8(9)2-3-10(6)12/h2-3,7H,4H2,1H3. The SMILES string of the molecule is Cc1c(Cl)ccc2c1CC(C#N)OC2=O. The lowest BCUT2D eigenvalue weighted by molar-refractivity contribution is 0.0370. The van der Waals surface area contributed by atoms with Crippen molar-refractivity contribution in [2.24, 2.45) is 0 Å². The van der Waals surface area contributed by atoms with E-state index in [1.165, 1.54) is 0 Å². The summed E-state index contributed by atoms with van der Waals surface area (Å²) in [5.74, 6) is -0.442. The molecule has 1 aromatic carbocycles. The van der Waals surface area contributed by atoms with Gasteiger partial charge in [-0.1, -0.05) is 11.6 Å². The van der Waals surface area contributed by atoms with Gasteiger partial charge in [-0.3, -0.25) is 0 Å². The molecule has 76 valence electrons. The smallest absolute Gasteiger partial charge is 0.339 e. The number of carbonyl (C=O) groups excluding carboxylic acids is 1. The topological polar surface area (TPSA) is 50.1 Å². The van der Waals surface area contributed by atoms with Crippen molar-refractivity contribution in [3.8, 4) is 6.07 Å². The molecule has 0 N–H and O–H groups in total. The number of nitrogens with zero attached hydrogens (tertiary/aromatic N) is 1. The fourth-order valence-electron chi connectivity index (χ4n) is 1.67. The van der Waals surface area contributed by atoms with Crippen molar-refractivity contribution in [3.63, 3.8) is 0 Å². The molecule has 1 aliphatic heterocycles. The first kappa shape index (κ1) is 10.0. The van der Waals surface area contributed by atoms with Crippen molar-refractivity contribution in [1.82, 2.24) is 0 Å². The number of fused-ring (bicyclic) bond motifs is 1. The number of ether oxygens (including phenoxy) is 1. The zero-order valence-electron chi connectivity index (χ0n) is 8.08. The number of carbonyl (C=O) groups is 1. The highest BCUT2D eigenvalue weighted by molar-refractivity contribution is 6.31. The van der Waals surface area contributed by atoms with Crippen molar-refractivity contribution < 1.29 is 9.53 Å². The minimum absolute atomic E-state index is 0.421. The molecule has 0 saturated heterocycles. The molecule has 0 aromatic heterocycles. The molecule has 3 nitrogen and oxygen atoms in total. The Balaban J connectivity index is 2.57. The van der Waals surface area contributed by atoms with Crippen LogP contribution in [-0.4, -0.2) is 12.1 Å². The summed E-state index contributed by atoms with van der Waals surface area (Å²) in [6, 6.07) is 5.25. The molecule has 1 atom stereocenters. The van der Waals surface area contributed by atoms with Crippen LogP contribution in [0.25, 0.3) is 0 Å². The lowest BCUT2D eigenvalue weighted by Crippen LogP contribution is -2.27. The molecule has 0 aliphatic carbocycles. The van der Waals surface area contributed by atoms with Gasteiger partial charge in [0.1, 0.15) is 6.07 Å². The van der Waals surface area contributed by atoms with Gasteiger partial charge >= 0.3 is 5.97 Å². The number of nitriles is 1. The molecule has 0 bridgehead atoms. The molecule has 15 heavy (non-hydrogen) atoms. The highest BCUT2D eigenvalue weighted by Gasteiger charge is 2.27. The van der Waals surface area contributed by atoms with E-state index in [4.69, 9.17) is 21.6 Å². The Morgan fingerprint density at radius 1 is 1.60 bits per heavy atom. The van der Waals surface area contributed by atoms with Gasteiger partial charge in [0.05, 0.1) is 5.56 Å². The number of esters is 1. The summed E-state index contributed by atoms with van der Waals surface area (Å²) in [7, 11) is 0. The Kier molecular flexibility index (Phi) is 2.37. The van der Waals surface area contributed by atoms with Gasteiger partial charge in [-0.15, -0.1) is 0 Å². The Morgan fingerprint density at radius 3 is 3.00 bits per heavy atom. The quantitative estimate of drug-likeness (QED) is 0.632. The summed E-state index contributed by atoms with van der Waals surface area (Å²) in [6.45, 7) is 1.84. The third kappa shape index (κ3) is 1.57. The maximum Gasteiger partial charge on any atom is 0.339 e. The van der Waals surface area contributed by atoms with Gasteiger partial charge in [0.15, 0.2) is 6.10 Å². The van der Waals surface area contributed by atoms with Crippen LogP contribution in [0.15, 0.2) is 12.1 Å². The summed E-state index contributed by atoms with van der Waals surface area (Å²) in [5.41, 5.74) is 2.19. The van der Waals surface area contributed by atoms with E-state index in [1.54, 1.807) is 12.1 Å². The van der Waals surface area contributed by atoms with Crippen molar-refractivity contribution in [2.75, 3.05) is 0 Å². The Morgan fingerprint density at radius 2 is 2.33 bits per heavy atom. The van der Waals surface area contributed by atoms with Crippen LogP contribution in [-0.2, 0) is 11.2 Å². The fourth-order valence-corrected chi connectivity index (χ4v) is 1.85. The normalized spacial score (nSPS) is 19.0. The van der Waals surface area contributed by atoms with Crippen LogP contribution in [0.3, 0.4) is 0 Å². The first-order valence-corrected chi connectivity index (χ1v) is 4.90. The predicted molar refractivity (Wildman–Crippen MR) is 54.7 cm³/mol. The number of hydrogen-bond acceptors (Lipinski definition) is 3. The van der Waals surface area contributed by atoms with E-state index in [9.17, 15) is 4.79 Å². The van der Waals surface area contributed by atoms with Crippen LogP contribution in [0.5, 0.6) is 0 Å². The highest BCUT2D eigenvalue weighted by Crippen LogP contribution is 2.28. The lowest BCUT2D eigenvalue weighted by Gasteiger charge is -2.21. The maximum atomic E-state index is 11.5. The van der Waals surface area contributed by atoms with Gasteiger partial charge in [0.25, 0.3) is 0 Å². The van der Waals surface area contributed by atoms with Crippen molar-refractivity contribution in [3.05, 3.63) is 33.8 Å². The Bertz CT molecular complexity index is 476. The van der Waals surface area contributed by atoms with Crippen LogP contribution >= 0.6 is 11.6 Å². The minimum Gasteiger partial charge on any atom is -0.443 e. The molecule has 0 amide bonds. The van der Waals surface area contributed by atoms with Gasteiger partial charge in [-0.05, 0) is 30.2 Å². The largest absolute Gasteiger partial charge is 0.443 e. The van der Waals surface area contributed by atoms with Crippen LogP contribution in [0.2, 0.25) is 5.02 Å². The van der Waals surface area contributed by atoms with Crippen LogP contribution in [0.1, 0.15) is 21.5 Å². The summed E-state index contributed by atoms with van der Waals surface area (Å²) in [4.78, 5) is 11.5. The van der Waals surface area contributed by atoms with E-state index in [1.807, 2.05) is 13.0 Å². The number of cyclic esters (lactones) is 1. The highest BCUT2D eigenvalue weighted by atomic mass is 35.5. The summed E-state index contributed by atoms with van der Waals surface area (Å²) in [5, 5.41) is 9.35. The molecule has 1 aromatic rings. The van der Waals surface area contributed by atoms with Crippen molar-refractivity contribution in [2.45, 2.75) is 19.4 Å². The van der Waals surface area contributed by atoms with E-state index in [2.05, 4.69) is 0 Å². The van der Waals surface area contributed by atoms with Crippen LogP contribution in [0.4, 0.5) is 0 Å². The van der Waals surface area contributed by atoms with Gasteiger partial charge in [0, 0.05) is 11.4 Å². The maximum absolute atomic E-state index is 11.5. The van der Waals surface area contributed by atoms with Gasteiger partial charge in [-0.2, -0.15) is 5.26 Å². The third-order valence-corrected chi connectivity index (χ3v) is 2.94. The molecule has 4 heteroatoms. The summed E-state index contributed by atoms with van der Waals surface area (Å²) < 4.78 is 4.91. The molecule has 0 saturated carbocycles. The van der Waals surface area contributed by atoms with Gasteiger partial charge in [-0.25, -0.2) is 4.79 Å². The van der Waals surface area contributed by atoms with Crippen molar-refractivity contribution in [1.29, 1.82) is 5.26 Å². The number of hydrogen-bond donors (Lipinski definition) is 0.